The summed E-state index contributed by atoms with van der Waals surface area (Å²) in [5.41, 5.74) is 2.95. The number of hydrogen-bond acceptors (Lipinski definition) is 8. The minimum atomic E-state index is -0.592. The molecule has 0 aliphatic carbocycles. The van der Waals surface area contributed by atoms with E-state index < -0.39 is 6.04 Å². The van der Waals surface area contributed by atoms with Crippen molar-refractivity contribution in [3.63, 3.8) is 0 Å². The van der Waals surface area contributed by atoms with E-state index in [1.165, 1.54) is 0 Å². The number of pyridine rings is 1. The van der Waals surface area contributed by atoms with Gasteiger partial charge in [-0.3, -0.25) is 4.79 Å². The molecular weight excluding hydrogens is 434 g/mol. The molecule has 3 aromatic heterocycles. The van der Waals surface area contributed by atoms with Crippen molar-refractivity contribution in [3.8, 4) is 11.4 Å². The zero-order chi connectivity index (χ0) is 24.4. The summed E-state index contributed by atoms with van der Waals surface area (Å²) >= 11 is 0. The van der Waals surface area contributed by atoms with Crippen LogP contribution in [0, 0.1) is 6.92 Å². The number of nitrogens with zero attached hydrogens (tertiary/aromatic N) is 6. The van der Waals surface area contributed by atoms with Gasteiger partial charge in [-0.25, -0.2) is 19.9 Å². The highest BCUT2D eigenvalue weighted by molar-refractivity contribution is 5.92. The van der Waals surface area contributed by atoms with Crippen LogP contribution in [0.15, 0.2) is 24.7 Å². The van der Waals surface area contributed by atoms with Crippen molar-refractivity contribution < 1.29 is 14.3 Å². The number of carbonyl (C=O) groups excluding carboxylic acids is 1. The fourth-order valence-electron chi connectivity index (χ4n) is 4.40. The van der Waals surface area contributed by atoms with Gasteiger partial charge in [0.15, 0.2) is 5.65 Å². The summed E-state index contributed by atoms with van der Waals surface area (Å²) in [5.74, 6) is 1.41. The average Bonchev–Trinajstić information content (AvgIpc) is 3.21. The molecule has 1 aliphatic heterocycles. The quantitative estimate of drug-likeness (QED) is 0.565. The van der Waals surface area contributed by atoms with Crippen LogP contribution in [0.1, 0.15) is 33.5 Å². The molecule has 1 saturated heterocycles. The highest BCUT2D eigenvalue weighted by Gasteiger charge is 2.34. The number of aromatic nitrogens is 5. The normalized spacial score (nSPS) is 20.4. The Labute approximate surface area is 199 Å². The molecule has 0 bridgehead atoms. The number of aryl methyl sites for hydroxylation is 2. The Hall–Kier alpha value is -3.11. The number of hydrogen-bond donors (Lipinski definition) is 1. The van der Waals surface area contributed by atoms with Crippen LogP contribution in [0.5, 0.6) is 0 Å². The number of amides is 1. The molecule has 1 aliphatic rings. The van der Waals surface area contributed by atoms with Crippen molar-refractivity contribution in [2.75, 3.05) is 25.5 Å². The van der Waals surface area contributed by atoms with E-state index in [1.54, 1.807) is 25.7 Å². The second-order valence-electron chi connectivity index (χ2n) is 8.79. The molecule has 182 valence electrons. The summed E-state index contributed by atoms with van der Waals surface area (Å²) in [4.78, 5) is 33.5. The van der Waals surface area contributed by atoms with E-state index in [0.29, 0.717) is 31.0 Å². The number of imidazole rings is 1. The first-order valence-electron chi connectivity index (χ1n) is 11.7. The number of methoxy groups -OCH3 is 1. The lowest BCUT2D eigenvalue weighted by molar-refractivity contribution is -0.146. The van der Waals surface area contributed by atoms with Crippen LogP contribution in [0.2, 0.25) is 0 Å². The summed E-state index contributed by atoms with van der Waals surface area (Å²) < 4.78 is 13.4. The van der Waals surface area contributed by atoms with Crippen LogP contribution in [0.3, 0.4) is 0 Å². The fraction of sp³-hybridized carbons (Fsp3) is 0.542. The summed E-state index contributed by atoms with van der Waals surface area (Å²) in [5, 5.41) is 3.42. The van der Waals surface area contributed by atoms with Gasteiger partial charge in [-0.15, -0.1) is 0 Å². The third kappa shape index (κ3) is 4.74. The SMILES string of the molecule is CCn1c(-c2cnc(C)nc2)nc2c(N[C@@H](C(=O)N3C[C@@H](C)O[C@@H](C)C3)[C@@H](C)OC)ccnc21. The van der Waals surface area contributed by atoms with E-state index in [-0.39, 0.29) is 24.2 Å². The highest BCUT2D eigenvalue weighted by Crippen LogP contribution is 2.28. The van der Waals surface area contributed by atoms with Crippen LogP contribution < -0.4 is 5.32 Å². The average molecular weight is 468 g/mol. The number of morpholine rings is 1. The number of fused-ring (bicyclic) bond motifs is 1. The molecule has 10 heteroatoms. The van der Waals surface area contributed by atoms with E-state index in [9.17, 15) is 4.79 Å². The maximum atomic E-state index is 13.6. The lowest BCUT2D eigenvalue weighted by Gasteiger charge is -2.38. The van der Waals surface area contributed by atoms with Gasteiger partial charge in [0.1, 0.15) is 23.2 Å². The molecule has 0 spiro atoms. The second-order valence-corrected chi connectivity index (χ2v) is 8.79. The van der Waals surface area contributed by atoms with E-state index in [2.05, 4.69) is 20.3 Å². The van der Waals surface area contributed by atoms with E-state index in [4.69, 9.17) is 14.5 Å². The van der Waals surface area contributed by atoms with Gasteiger partial charge in [-0.2, -0.15) is 0 Å². The maximum Gasteiger partial charge on any atom is 0.247 e. The molecule has 10 nitrogen and oxygen atoms in total. The van der Waals surface area contributed by atoms with Crippen molar-refractivity contribution >= 4 is 22.8 Å². The number of nitrogens with one attached hydrogen (secondary N) is 1. The fourth-order valence-corrected chi connectivity index (χ4v) is 4.40. The number of rotatable bonds is 7. The van der Waals surface area contributed by atoms with Gasteiger partial charge in [0.25, 0.3) is 0 Å². The molecule has 1 N–H and O–H groups in total. The maximum absolute atomic E-state index is 13.6. The van der Waals surface area contributed by atoms with Crippen molar-refractivity contribution in [3.05, 3.63) is 30.5 Å². The highest BCUT2D eigenvalue weighted by atomic mass is 16.5. The van der Waals surface area contributed by atoms with Crippen molar-refractivity contribution in [2.45, 2.75) is 65.5 Å². The van der Waals surface area contributed by atoms with E-state index in [0.717, 1.165) is 22.7 Å². The topological polar surface area (TPSA) is 107 Å². The summed E-state index contributed by atoms with van der Waals surface area (Å²) in [6.07, 6.45) is 4.87. The first-order chi connectivity index (χ1) is 16.3. The Morgan fingerprint density at radius 1 is 1.24 bits per heavy atom. The Bertz CT molecular complexity index is 1140. The van der Waals surface area contributed by atoms with Gasteiger partial charge in [-0.05, 0) is 40.7 Å². The molecule has 1 amide bonds. The van der Waals surface area contributed by atoms with E-state index >= 15 is 0 Å². The molecule has 4 heterocycles. The summed E-state index contributed by atoms with van der Waals surface area (Å²) in [6, 6.07) is 1.25. The molecular formula is C24H33N7O3. The smallest absolute Gasteiger partial charge is 0.247 e. The number of anilines is 1. The first kappa shape index (κ1) is 24.0. The molecule has 0 radical (unpaired) electrons. The minimum Gasteiger partial charge on any atom is -0.379 e. The Balaban J connectivity index is 1.71. The Morgan fingerprint density at radius 2 is 1.91 bits per heavy atom. The summed E-state index contributed by atoms with van der Waals surface area (Å²) in [6.45, 7) is 11.5. The zero-order valence-electron chi connectivity index (χ0n) is 20.6. The minimum absolute atomic E-state index is 0.0154. The molecule has 34 heavy (non-hydrogen) atoms. The summed E-state index contributed by atoms with van der Waals surface area (Å²) in [7, 11) is 1.61. The lowest BCUT2D eigenvalue weighted by Crippen LogP contribution is -2.55. The van der Waals surface area contributed by atoms with Crippen LogP contribution in [0.25, 0.3) is 22.6 Å². The van der Waals surface area contributed by atoms with Crippen molar-refractivity contribution in [2.24, 2.45) is 0 Å². The van der Waals surface area contributed by atoms with Gasteiger partial charge in [0.2, 0.25) is 5.91 Å². The molecule has 0 aromatic carbocycles. The third-order valence-corrected chi connectivity index (χ3v) is 6.14. The van der Waals surface area contributed by atoms with Crippen LogP contribution >= 0.6 is 0 Å². The standard InChI is InChI=1S/C24H33N7O3/c1-7-31-22(18-10-26-17(5)27-11-18)29-21-19(8-9-25-23(21)31)28-20(16(4)33-6)24(32)30-12-14(2)34-15(3)13-30/h8-11,14-16,20H,7,12-13H2,1-6H3,(H,25,28)/t14-,15+,16-,20-/m1/s1. The van der Waals surface area contributed by atoms with Crippen LogP contribution in [0.4, 0.5) is 5.69 Å². The Morgan fingerprint density at radius 3 is 2.53 bits per heavy atom. The van der Waals surface area contributed by atoms with Crippen LogP contribution in [-0.4, -0.2) is 79.9 Å². The predicted molar refractivity (Wildman–Crippen MR) is 129 cm³/mol. The molecule has 0 unspecified atom stereocenters. The molecule has 3 aromatic rings. The second kappa shape index (κ2) is 10.0. The molecule has 1 fully saturated rings. The third-order valence-electron chi connectivity index (χ3n) is 6.14. The van der Waals surface area contributed by atoms with Crippen LogP contribution in [-0.2, 0) is 20.8 Å². The molecule has 4 rings (SSSR count). The zero-order valence-corrected chi connectivity index (χ0v) is 20.6. The number of carbonyl (C=O) groups is 1. The number of ether oxygens (including phenoxy) is 2. The Kier molecular flexibility index (Phi) is 7.08. The van der Waals surface area contributed by atoms with Crippen molar-refractivity contribution in [1.82, 2.24) is 29.4 Å². The van der Waals surface area contributed by atoms with Gasteiger partial charge >= 0.3 is 0 Å². The lowest BCUT2D eigenvalue weighted by atomic mass is 10.1. The van der Waals surface area contributed by atoms with Gasteiger partial charge in [-0.1, -0.05) is 0 Å². The van der Waals surface area contributed by atoms with Gasteiger partial charge in [0, 0.05) is 45.3 Å². The predicted octanol–water partition coefficient (Wildman–Crippen LogP) is 2.67. The monoisotopic (exact) mass is 467 g/mol. The van der Waals surface area contributed by atoms with Gasteiger partial charge in [0.05, 0.1) is 29.6 Å². The molecule has 4 atom stereocenters. The van der Waals surface area contributed by atoms with Gasteiger partial charge < -0.3 is 24.3 Å². The van der Waals surface area contributed by atoms with Crippen molar-refractivity contribution in [1.29, 1.82) is 0 Å². The molecule has 0 saturated carbocycles. The largest absolute Gasteiger partial charge is 0.379 e. The van der Waals surface area contributed by atoms with E-state index in [1.807, 2.05) is 50.2 Å². The first-order valence-corrected chi connectivity index (χ1v) is 11.7.